The van der Waals surface area contributed by atoms with Gasteiger partial charge in [-0.25, -0.2) is 9.97 Å². The van der Waals surface area contributed by atoms with Crippen molar-refractivity contribution in [1.29, 1.82) is 0 Å². The van der Waals surface area contributed by atoms with E-state index in [2.05, 4.69) is 15.3 Å². The van der Waals surface area contributed by atoms with Crippen molar-refractivity contribution < 1.29 is 18.0 Å². The minimum Gasteiger partial charge on any atom is -0.324 e. The van der Waals surface area contributed by atoms with Crippen LogP contribution in [0, 0.1) is 0 Å². The topological polar surface area (TPSA) is 54.9 Å². The lowest BCUT2D eigenvalue weighted by atomic mass is 9.88. The quantitative estimate of drug-likeness (QED) is 0.389. The van der Waals surface area contributed by atoms with Crippen LogP contribution in [0.3, 0.4) is 0 Å². The first-order chi connectivity index (χ1) is 14.9. The number of aromatic nitrogens is 2. The van der Waals surface area contributed by atoms with Crippen LogP contribution in [0.5, 0.6) is 0 Å². The maximum absolute atomic E-state index is 13.7. The number of hydrogen-bond donors (Lipinski definition) is 1. The molecule has 0 atom stereocenters. The van der Waals surface area contributed by atoms with Crippen molar-refractivity contribution >= 4 is 35.1 Å². The highest BCUT2D eigenvalue weighted by atomic mass is 32.2. The number of aryl methyl sites for hydroxylation is 1. The number of amides is 1. The number of thioether (sulfide) groups is 2. The Balaban J connectivity index is 1.60. The Labute approximate surface area is 186 Å². The molecule has 4 rings (SSSR count). The summed E-state index contributed by atoms with van der Waals surface area (Å²) in [5, 5.41) is 2.74. The molecule has 1 aromatic heterocycles. The predicted molar refractivity (Wildman–Crippen MR) is 117 cm³/mol. The van der Waals surface area contributed by atoms with Crippen LogP contribution in [0.1, 0.15) is 16.8 Å². The summed E-state index contributed by atoms with van der Waals surface area (Å²) < 4.78 is 41.2. The van der Waals surface area contributed by atoms with Crippen molar-refractivity contribution in [2.24, 2.45) is 0 Å². The largest absolute Gasteiger partial charge is 0.433 e. The third kappa shape index (κ3) is 4.72. The van der Waals surface area contributed by atoms with Gasteiger partial charge in [0, 0.05) is 16.0 Å². The second kappa shape index (κ2) is 8.92. The molecule has 9 heteroatoms. The lowest BCUT2D eigenvalue weighted by molar-refractivity contribution is -0.142. The summed E-state index contributed by atoms with van der Waals surface area (Å²) in [5.41, 5.74) is 1.83. The maximum Gasteiger partial charge on any atom is 0.433 e. The van der Waals surface area contributed by atoms with E-state index in [1.807, 2.05) is 36.6 Å². The zero-order valence-electron chi connectivity index (χ0n) is 16.5. The molecule has 1 amide bonds. The van der Waals surface area contributed by atoms with Gasteiger partial charge in [-0.3, -0.25) is 4.79 Å². The van der Waals surface area contributed by atoms with Crippen LogP contribution in [-0.4, -0.2) is 27.9 Å². The van der Waals surface area contributed by atoms with Crippen LogP contribution in [0.2, 0.25) is 0 Å². The molecule has 0 unspecified atom stereocenters. The van der Waals surface area contributed by atoms with Gasteiger partial charge in [0.15, 0.2) is 10.9 Å². The number of alkyl halides is 3. The fourth-order valence-electron chi connectivity index (χ4n) is 3.52. The number of rotatable bonds is 5. The van der Waals surface area contributed by atoms with E-state index in [9.17, 15) is 18.0 Å². The van der Waals surface area contributed by atoms with Crippen LogP contribution in [-0.2, 0) is 23.8 Å². The van der Waals surface area contributed by atoms with Crippen molar-refractivity contribution in [2.75, 3.05) is 17.3 Å². The first kappa shape index (κ1) is 21.7. The van der Waals surface area contributed by atoms with Gasteiger partial charge >= 0.3 is 6.18 Å². The van der Waals surface area contributed by atoms with Gasteiger partial charge in [-0.05, 0) is 36.8 Å². The minimum absolute atomic E-state index is 0.0592. The van der Waals surface area contributed by atoms with Crippen LogP contribution >= 0.6 is 23.5 Å². The number of halogens is 3. The zero-order valence-corrected chi connectivity index (χ0v) is 18.1. The molecule has 0 fully saturated rings. The highest BCUT2D eigenvalue weighted by Gasteiger charge is 2.38. The van der Waals surface area contributed by atoms with E-state index >= 15 is 0 Å². The number of anilines is 1. The fraction of sp³-hybridized carbons (Fsp3) is 0.227. The minimum atomic E-state index is -4.59. The molecule has 1 N–H and O–H groups in total. The van der Waals surface area contributed by atoms with Gasteiger partial charge in [0.05, 0.1) is 17.1 Å². The van der Waals surface area contributed by atoms with Gasteiger partial charge in [0.2, 0.25) is 5.91 Å². The standard InChI is InChI=1S/C22H18F3N3OS2/c1-30-17-9-5-4-8-16(17)26-18(29)12-31-21-27-19-14-7-3-2-6-13(14)10-11-15(19)20(28-21)22(23,24)25/h2-9H,10-12H2,1H3,(H,26,29). The van der Waals surface area contributed by atoms with E-state index in [1.165, 1.54) is 11.8 Å². The third-order valence-corrected chi connectivity index (χ3v) is 6.53. The maximum atomic E-state index is 13.7. The van der Waals surface area contributed by atoms with Crippen molar-refractivity contribution in [3.05, 3.63) is 65.4 Å². The number of nitrogens with zero attached hydrogens (tertiary/aromatic N) is 2. The van der Waals surface area contributed by atoms with E-state index < -0.39 is 11.9 Å². The number of para-hydroxylation sites is 1. The molecular formula is C22H18F3N3OS2. The van der Waals surface area contributed by atoms with Gasteiger partial charge < -0.3 is 5.32 Å². The lowest BCUT2D eigenvalue weighted by Gasteiger charge is -2.22. The van der Waals surface area contributed by atoms with E-state index in [0.717, 1.165) is 22.2 Å². The van der Waals surface area contributed by atoms with E-state index in [4.69, 9.17) is 0 Å². The lowest BCUT2D eigenvalue weighted by Crippen LogP contribution is -2.19. The van der Waals surface area contributed by atoms with Crippen molar-refractivity contribution in [3.63, 3.8) is 0 Å². The Morgan fingerprint density at radius 1 is 1.06 bits per heavy atom. The SMILES string of the molecule is CSc1ccccc1NC(=O)CSc1nc2c(c(C(F)(F)F)n1)CCc1ccccc1-2. The van der Waals surface area contributed by atoms with E-state index in [-0.39, 0.29) is 28.8 Å². The average molecular weight is 462 g/mol. The van der Waals surface area contributed by atoms with Gasteiger partial charge in [-0.1, -0.05) is 48.2 Å². The zero-order chi connectivity index (χ0) is 22.0. The molecule has 160 valence electrons. The Kier molecular flexibility index (Phi) is 6.24. The Morgan fingerprint density at radius 3 is 2.58 bits per heavy atom. The summed E-state index contributed by atoms with van der Waals surface area (Å²) >= 11 is 2.39. The van der Waals surface area contributed by atoms with E-state index in [1.54, 1.807) is 18.2 Å². The van der Waals surface area contributed by atoms with Gasteiger partial charge in [-0.2, -0.15) is 13.2 Å². The van der Waals surface area contributed by atoms with Crippen molar-refractivity contribution in [2.45, 2.75) is 29.1 Å². The molecule has 0 saturated heterocycles. The molecule has 3 aromatic rings. The molecule has 0 saturated carbocycles. The Bertz CT molecular complexity index is 1140. The highest BCUT2D eigenvalue weighted by Crippen LogP contribution is 2.40. The highest BCUT2D eigenvalue weighted by molar-refractivity contribution is 7.99. The van der Waals surface area contributed by atoms with Crippen LogP contribution in [0.4, 0.5) is 18.9 Å². The number of fused-ring (bicyclic) bond motifs is 3. The van der Waals surface area contributed by atoms with Gasteiger partial charge in [-0.15, -0.1) is 11.8 Å². The predicted octanol–water partition coefficient (Wildman–Crippen LogP) is 5.71. The molecule has 1 heterocycles. The number of benzene rings is 2. The normalized spacial score (nSPS) is 12.8. The molecule has 0 aliphatic heterocycles. The number of hydrogen-bond acceptors (Lipinski definition) is 5. The van der Waals surface area contributed by atoms with Crippen LogP contribution in [0.25, 0.3) is 11.3 Å². The van der Waals surface area contributed by atoms with E-state index in [0.29, 0.717) is 23.4 Å². The summed E-state index contributed by atoms with van der Waals surface area (Å²) in [6.45, 7) is 0. The molecule has 1 aliphatic rings. The van der Waals surface area contributed by atoms with Crippen LogP contribution < -0.4 is 5.32 Å². The van der Waals surface area contributed by atoms with Crippen molar-refractivity contribution in [1.82, 2.24) is 9.97 Å². The first-order valence-corrected chi connectivity index (χ1v) is 11.7. The molecule has 1 aliphatic carbocycles. The summed E-state index contributed by atoms with van der Waals surface area (Å²) in [6.07, 6.45) is -1.94. The molecular weight excluding hydrogens is 443 g/mol. The fourth-order valence-corrected chi connectivity index (χ4v) is 4.71. The summed E-state index contributed by atoms with van der Waals surface area (Å²) in [7, 11) is 0. The van der Waals surface area contributed by atoms with Crippen LogP contribution in [0.15, 0.2) is 58.6 Å². The Morgan fingerprint density at radius 2 is 1.81 bits per heavy atom. The Hall–Kier alpha value is -2.52. The first-order valence-electron chi connectivity index (χ1n) is 9.49. The molecule has 31 heavy (non-hydrogen) atoms. The molecule has 0 radical (unpaired) electrons. The summed E-state index contributed by atoms with van der Waals surface area (Å²) in [6, 6.07) is 14.7. The second-order valence-electron chi connectivity index (χ2n) is 6.87. The number of carbonyl (C=O) groups excluding carboxylic acids is 1. The molecule has 4 nitrogen and oxygen atoms in total. The summed E-state index contributed by atoms with van der Waals surface area (Å²) in [5.74, 6) is -0.428. The smallest absolute Gasteiger partial charge is 0.324 e. The molecule has 0 spiro atoms. The summed E-state index contributed by atoms with van der Waals surface area (Å²) in [4.78, 5) is 21.5. The van der Waals surface area contributed by atoms with Gasteiger partial charge in [0.25, 0.3) is 0 Å². The number of nitrogens with one attached hydrogen (secondary N) is 1. The monoisotopic (exact) mass is 461 g/mol. The van der Waals surface area contributed by atoms with Gasteiger partial charge in [0.1, 0.15) is 0 Å². The van der Waals surface area contributed by atoms with Crippen molar-refractivity contribution in [3.8, 4) is 11.3 Å². The second-order valence-corrected chi connectivity index (χ2v) is 8.66. The third-order valence-electron chi connectivity index (χ3n) is 4.89. The molecule has 2 aromatic carbocycles. The molecule has 0 bridgehead atoms. The average Bonchev–Trinajstić information content (AvgIpc) is 2.76. The number of carbonyl (C=O) groups is 1.